The highest BCUT2D eigenvalue weighted by atomic mass is 32.2. The second kappa shape index (κ2) is 5.20. The van der Waals surface area contributed by atoms with Gasteiger partial charge in [-0.05, 0) is 26.0 Å². The molecule has 2 heterocycles. The molecule has 23 heavy (non-hydrogen) atoms. The van der Waals surface area contributed by atoms with Crippen LogP contribution >= 0.6 is 0 Å². The topological polar surface area (TPSA) is 91.0 Å². The molecule has 0 amide bonds. The maximum absolute atomic E-state index is 12.7. The Morgan fingerprint density at radius 3 is 2.43 bits per heavy atom. The average Bonchev–Trinajstić information content (AvgIpc) is 3.15. The Balaban J connectivity index is 2.13. The molecule has 9 heteroatoms. The minimum Gasteiger partial charge on any atom is -0.251 e. The maximum atomic E-state index is 12.7. The van der Waals surface area contributed by atoms with Crippen molar-refractivity contribution in [1.82, 2.24) is 13.2 Å². The van der Waals surface area contributed by atoms with E-state index in [0.717, 1.165) is 14.3 Å². The van der Waals surface area contributed by atoms with Crippen molar-refractivity contribution >= 4 is 30.9 Å². The summed E-state index contributed by atoms with van der Waals surface area (Å²) in [7, 11) is -7.57. The van der Waals surface area contributed by atoms with Gasteiger partial charge in [0.25, 0.3) is 10.0 Å². The summed E-state index contributed by atoms with van der Waals surface area (Å²) in [6.07, 6.45) is 3.78. The molecule has 0 bridgehead atoms. The Hall–Kier alpha value is -2.13. The number of aromatic nitrogens is 3. The molecule has 0 fully saturated rings. The average molecular weight is 353 g/mol. The van der Waals surface area contributed by atoms with E-state index in [4.69, 9.17) is 0 Å². The molecule has 3 aromatic rings. The van der Waals surface area contributed by atoms with E-state index in [1.165, 1.54) is 32.3 Å². The lowest BCUT2D eigenvalue weighted by atomic mass is 10.3. The third-order valence-corrected chi connectivity index (χ3v) is 7.09. The van der Waals surface area contributed by atoms with Gasteiger partial charge in [0.15, 0.2) is 0 Å². The number of hydrogen-bond acceptors (Lipinski definition) is 5. The fraction of sp³-hybridized carbons (Fsp3) is 0.214. The first-order valence-corrected chi connectivity index (χ1v) is 9.79. The largest absolute Gasteiger partial charge is 0.285 e. The predicted octanol–water partition coefficient (Wildman–Crippen LogP) is 1.66. The molecule has 0 aliphatic rings. The summed E-state index contributed by atoms with van der Waals surface area (Å²) in [5.74, 6) is 0. The molecule has 122 valence electrons. The first-order chi connectivity index (χ1) is 10.7. The normalized spacial score (nSPS) is 13.0. The third-order valence-electron chi connectivity index (χ3n) is 3.50. The second-order valence-corrected chi connectivity index (χ2v) is 9.48. The van der Waals surface area contributed by atoms with E-state index in [0.29, 0.717) is 10.9 Å². The van der Waals surface area contributed by atoms with Gasteiger partial charge >= 0.3 is 0 Å². The van der Waals surface area contributed by atoms with Crippen molar-refractivity contribution in [3.8, 4) is 0 Å². The van der Waals surface area contributed by atoms with Crippen LogP contribution in [0.1, 0.15) is 13.8 Å². The van der Waals surface area contributed by atoms with Gasteiger partial charge < -0.3 is 0 Å². The zero-order chi connectivity index (χ0) is 16.8. The van der Waals surface area contributed by atoms with Crippen LogP contribution in [-0.4, -0.2) is 35.2 Å². The highest BCUT2D eigenvalue weighted by Gasteiger charge is 2.25. The van der Waals surface area contributed by atoms with Crippen molar-refractivity contribution in [1.29, 1.82) is 0 Å². The molecule has 1 aromatic carbocycles. The molecular formula is C14H15N3O4S2. The van der Waals surface area contributed by atoms with Crippen LogP contribution in [0.3, 0.4) is 0 Å². The molecule has 7 nitrogen and oxygen atoms in total. The summed E-state index contributed by atoms with van der Waals surface area (Å²) in [5, 5.41) is 3.95. The first-order valence-electron chi connectivity index (χ1n) is 6.85. The van der Waals surface area contributed by atoms with Crippen molar-refractivity contribution in [2.75, 3.05) is 0 Å². The molecule has 3 rings (SSSR count). The summed E-state index contributed by atoms with van der Waals surface area (Å²) in [4.78, 5) is -0.129. The number of nitrogens with zero attached hydrogens (tertiary/aromatic N) is 3. The lowest BCUT2D eigenvalue weighted by molar-refractivity contribution is 0.577. The standard InChI is InChI=1S/C14H15N3O4S2/c1-11(2)22(18,19)16-8-7-13(10-16)23(20,21)17-14-6-4-3-5-12(14)9-15-17/h3-11H,1-2H3. The minimum absolute atomic E-state index is 0.129. The number of hydrogen-bond donors (Lipinski definition) is 0. The summed E-state index contributed by atoms with van der Waals surface area (Å²) < 4.78 is 51.5. The molecule has 0 N–H and O–H groups in total. The number of rotatable bonds is 4. The second-order valence-electron chi connectivity index (χ2n) is 5.32. The predicted molar refractivity (Wildman–Crippen MR) is 86.2 cm³/mol. The first kappa shape index (κ1) is 15.8. The Bertz CT molecular complexity index is 1080. The fourth-order valence-corrected chi connectivity index (χ4v) is 4.47. The molecule has 0 radical (unpaired) electrons. The molecule has 0 aliphatic carbocycles. The van der Waals surface area contributed by atoms with Gasteiger partial charge in [-0.25, -0.2) is 8.42 Å². The van der Waals surface area contributed by atoms with Gasteiger partial charge in [-0.2, -0.15) is 17.6 Å². The van der Waals surface area contributed by atoms with E-state index in [1.54, 1.807) is 24.3 Å². The van der Waals surface area contributed by atoms with Crippen molar-refractivity contribution < 1.29 is 16.8 Å². The van der Waals surface area contributed by atoms with Crippen molar-refractivity contribution in [2.45, 2.75) is 24.0 Å². The minimum atomic E-state index is -3.97. The van der Waals surface area contributed by atoms with Crippen LogP contribution in [0, 0.1) is 0 Å². The SMILES string of the molecule is CC(C)S(=O)(=O)n1ccc(S(=O)(=O)n2ncc3ccccc32)c1. The van der Waals surface area contributed by atoms with E-state index in [1.807, 2.05) is 0 Å². The summed E-state index contributed by atoms with van der Waals surface area (Å²) in [5.41, 5.74) is 0.437. The fourth-order valence-electron chi connectivity index (χ4n) is 2.15. The van der Waals surface area contributed by atoms with Gasteiger partial charge in [-0.1, -0.05) is 18.2 Å². The van der Waals surface area contributed by atoms with Crippen LogP contribution in [0.4, 0.5) is 0 Å². The van der Waals surface area contributed by atoms with Crippen LogP contribution in [0.5, 0.6) is 0 Å². The monoisotopic (exact) mass is 353 g/mol. The molecule has 0 atom stereocenters. The van der Waals surface area contributed by atoms with E-state index in [-0.39, 0.29) is 4.90 Å². The van der Waals surface area contributed by atoms with Crippen molar-refractivity contribution in [2.24, 2.45) is 0 Å². The van der Waals surface area contributed by atoms with Gasteiger partial charge in [-0.3, -0.25) is 3.97 Å². The summed E-state index contributed by atoms with van der Waals surface area (Å²) in [6, 6.07) is 8.15. The van der Waals surface area contributed by atoms with Gasteiger partial charge in [0, 0.05) is 17.8 Å². The lowest BCUT2D eigenvalue weighted by Gasteiger charge is -2.08. The van der Waals surface area contributed by atoms with E-state index in [9.17, 15) is 16.8 Å². The number of benzene rings is 1. The molecule has 2 aromatic heterocycles. The summed E-state index contributed by atoms with van der Waals surface area (Å²) >= 11 is 0. The van der Waals surface area contributed by atoms with Gasteiger partial charge in [0.05, 0.1) is 17.0 Å². The van der Waals surface area contributed by atoms with Crippen LogP contribution in [0.25, 0.3) is 10.9 Å². The molecular weight excluding hydrogens is 338 g/mol. The molecule has 0 aliphatic heterocycles. The van der Waals surface area contributed by atoms with Gasteiger partial charge in [0.1, 0.15) is 4.90 Å². The molecule has 0 unspecified atom stereocenters. The van der Waals surface area contributed by atoms with Crippen molar-refractivity contribution in [3.63, 3.8) is 0 Å². The molecule has 0 saturated carbocycles. The van der Waals surface area contributed by atoms with Crippen molar-refractivity contribution in [3.05, 3.63) is 48.9 Å². The molecule has 0 spiro atoms. The maximum Gasteiger partial charge on any atom is 0.285 e. The Morgan fingerprint density at radius 1 is 1.04 bits per heavy atom. The lowest BCUT2D eigenvalue weighted by Crippen LogP contribution is -2.21. The van der Waals surface area contributed by atoms with Crippen LogP contribution in [-0.2, 0) is 20.0 Å². The van der Waals surface area contributed by atoms with Crippen LogP contribution in [0.15, 0.2) is 53.8 Å². The Kier molecular flexibility index (Phi) is 3.56. The Labute approximate surface area is 134 Å². The highest BCUT2D eigenvalue weighted by Crippen LogP contribution is 2.21. The number of para-hydroxylation sites is 1. The Morgan fingerprint density at radius 2 is 1.74 bits per heavy atom. The smallest absolute Gasteiger partial charge is 0.251 e. The van der Waals surface area contributed by atoms with Gasteiger partial charge in [0.2, 0.25) is 10.0 Å². The number of fused-ring (bicyclic) bond motifs is 1. The molecule has 0 saturated heterocycles. The van der Waals surface area contributed by atoms with Crippen LogP contribution in [0.2, 0.25) is 0 Å². The zero-order valence-corrected chi connectivity index (χ0v) is 14.1. The zero-order valence-electron chi connectivity index (χ0n) is 12.5. The van der Waals surface area contributed by atoms with E-state index >= 15 is 0 Å². The summed E-state index contributed by atoms with van der Waals surface area (Å²) in [6.45, 7) is 3.06. The van der Waals surface area contributed by atoms with E-state index in [2.05, 4.69) is 5.10 Å². The highest BCUT2D eigenvalue weighted by molar-refractivity contribution is 7.91. The van der Waals surface area contributed by atoms with E-state index < -0.39 is 25.3 Å². The van der Waals surface area contributed by atoms with Crippen LogP contribution < -0.4 is 0 Å². The quantitative estimate of drug-likeness (QED) is 0.711. The van der Waals surface area contributed by atoms with Gasteiger partial charge in [-0.15, -0.1) is 0 Å². The third kappa shape index (κ3) is 2.45.